The van der Waals surface area contributed by atoms with Crippen molar-refractivity contribution >= 4 is 52.8 Å². The van der Waals surface area contributed by atoms with Gasteiger partial charge in [0.15, 0.2) is 0 Å². The molecule has 3 aromatic rings. The number of nitrogens with zero attached hydrogens (tertiary/aromatic N) is 2. The molecule has 1 aliphatic rings. The van der Waals surface area contributed by atoms with E-state index in [1.54, 1.807) is 54.1 Å². The average molecular weight is 498 g/mol. The molecule has 3 N–H and O–H groups in total. The number of benzene rings is 2. The second-order valence-electron chi connectivity index (χ2n) is 8.01. The van der Waals surface area contributed by atoms with E-state index in [0.29, 0.717) is 39.2 Å². The van der Waals surface area contributed by atoms with Gasteiger partial charge in [-0.25, -0.2) is 9.48 Å². The van der Waals surface area contributed by atoms with Crippen LogP contribution in [0.1, 0.15) is 29.3 Å². The van der Waals surface area contributed by atoms with E-state index in [-0.39, 0.29) is 5.91 Å². The maximum atomic E-state index is 12.5. The predicted molar refractivity (Wildman–Crippen MR) is 131 cm³/mol. The Morgan fingerprint density at radius 2 is 1.91 bits per heavy atom. The Kier molecular flexibility index (Phi) is 6.45. The van der Waals surface area contributed by atoms with Gasteiger partial charge in [0, 0.05) is 22.3 Å². The van der Waals surface area contributed by atoms with E-state index in [1.807, 2.05) is 19.1 Å². The lowest BCUT2D eigenvalue weighted by Crippen LogP contribution is -2.40. The molecule has 0 aliphatic carbocycles. The van der Waals surface area contributed by atoms with Crippen molar-refractivity contribution in [2.45, 2.75) is 25.9 Å². The highest BCUT2D eigenvalue weighted by molar-refractivity contribution is 6.31. The van der Waals surface area contributed by atoms with Gasteiger partial charge in [-0.3, -0.25) is 14.9 Å². The number of hydrogen-bond donors (Lipinski definition) is 3. The van der Waals surface area contributed by atoms with E-state index in [4.69, 9.17) is 23.2 Å². The van der Waals surface area contributed by atoms with Crippen LogP contribution in [-0.4, -0.2) is 27.6 Å². The molecular weight excluding hydrogens is 477 g/mol. The number of aryl methyl sites for hydroxylation is 1. The fraction of sp³-hybridized carbons (Fsp3) is 0.167. The summed E-state index contributed by atoms with van der Waals surface area (Å²) in [6.07, 6.45) is 2.97. The number of hydrogen-bond acceptors (Lipinski definition) is 4. The van der Waals surface area contributed by atoms with Gasteiger partial charge in [-0.2, -0.15) is 5.10 Å². The lowest BCUT2D eigenvalue weighted by atomic mass is 9.92. The van der Waals surface area contributed by atoms with Crippen molar-refractivity contribution in [1.82, 2.24) is 20.4 Å². The Morgan fingerprint density at radius 3 is 2.59 bits per heavy atom. The van der Waals surface area contributed by atoms with Crippen LogP contribution in [-0.2, 0) is 21.7 Å². The molecular formula is C24H21Cl2N5O3. The smallest absolute Gasteiger partial charge is 0.322 e. The number of carbonyl (C=O) groups excluding carboxylic acids is 3. The Hall–Kier alpha value is -3.62. The lowest BCUT2D eigenvalue weighted by Gasteiger charge is -2.21. The molecule has 1 saturated heterocycles. The minimum Gasteiger partial charge on any atom is -0.323 e. The molecule has 1 atom stereocenters. The highest BCUT2D eigenvalue weighted by Gasteiger charge is 2.43. The fourth-order valence-corrected chi connectivity index (χ4v) is 4.04. The third-order valence-electron chi connectivity index (χ3n) is 5.51. The molecule has 1 aliphatic heterocycles. The van der Waals surface area contributed by atoms with Crippen molar-refractivity contribution in [3.05, 3.63) is 87.2 Å². The van der Waals surface area contributed by atoms with Gasteiger partial charge in [-0.1, -0.05) is 47.5 Å². The summed E-state index contributed by atoms with van der Waals surface area (Å²) < 4.78 is 1.66. The van der Waals surface area contributed by atoms with Gasteiger partial charge in [0.25, 0.3) is 5.91 Å². The predicted octanol–water partition coefficient (Wildman–Crippen LogP) is 4.25. The number of halogens is 2. The molecule has 34 heavy (non-hydrogen) atoms. The first-order valence-electron chi connectivity index (χ1n) is 10.4. The molecule has 2 heterocycles. The molecule has 174 valence electrons. The van der Waals surface area contributed by atoms with E-state index in [1.165, 1.54) is 6.08 Å². The third kappa shape index (κ3) is 4.83. The van der Waals surface area contributed by atoms with E-state index >= 15 is 0 Å². The topological polar surface area (TPSA) is 105 Å². The zero-order valence-electron chi connectivity index (χ0n) is 18.4. The number of carbonyl (C=O) groups is 3. The molecule has 0 radical (unpaired) electrons. The van der Waals surface area contributed by atoms with E-state index in [0.717, 1.165) is 5.56 Å². The molecule has 0 spiro atoms. The van der Waals surface area contributed by atoms with Crippen LogP contribution in [0.4, 0.5) is 10.5 Å². The van der Waals surface area contributed by atoms with Crippen molar-refractivity contribution in [3.63, 3.8) is 0 Å². The third-order valence-corrected chi connectivity index (χ3v) is 6.16. The molecule has 8 nitrogen and oxygen atoms in total. The van der Waals surface area contributed by atoms with Crippen LogP contribution in [0.15, 0.2) is 54.6 Å². The summed E-state index contributed by atoms with van der Waals surface area (Å²) in [5, 5.41) is 13.1. The van der Waals surface area contributed by atoms with E-state index < -0.39 is 17.5 Å². The zero-order valence-corrected chi connectivity index (χ0v) is 19.9. The van der Waals surface area contributed by atoms with Gasteiger partial charge in [0.1, 0.15) is 10.7 Å². The molecule has 1 unspecified atom stereocenters. The summed E-state index contributed by atoms with van der Waals surface area (Å²) in [5.41, 5.74) is 2.11. The molecule has 1 aromatic heterocycles. The van der Waals surface area contributed by atoms with E-state index in [2.05, 4.69) is 21.0 Å². The standard InChI is InChI=1S/C24H21Cl2N5O3/c1-14-19(21(26)31(30-14)13-15-6-8-17(25)9-7-15)10-11-20(32)27-18-5-3-4-16(12-18)24(2)22(33)28-23(34)29-24/h3-12H,13H2,1-2H3,(H,27,32)(H2,28,29,33,34). The first kappa shape index (κ1) is 23.5. The summed E-state index contributed by atoms with van der Waals surface area (Å²) in [7, 11) is 0. The van der Waals surface area contributed by atoms with Crippen molar-refractivity contribution in [2.75, 3.05) is 5.32 Å². The molecule has 4 amide bonds. The normalized spacial score (nSPS) is 17.6. The maximum Gasteiger partial charge on any atom is 0.322 e. The number of aromatic nitrogens is 2. The van der Waals surface area contributed by atoms with Crippen LogP contribution in [0.2, 0.25) is 10.2 Å². The monoisotopic (exact) mass is 497 g/mol. The second-order valence-corrected chi connectivity index (χ2v) is 8.81. The van der Waals surface area contributed by atoms with Crippen molar-refractivity contribution < 1.29 is 14.4 Å². The molecule has 4 rings (SSSR count). The number of anilines is 1. The fourth-order valence-electron chi connectivity index (χ4n) is 3.62. The van der Waals surface area contributed by atoms with Crippen LogP contribution in [0.25, 0.3) is 6.08 Å². The lowest BCUT2D eigenvalue weighted by molar-refractivity contribution is -0.123. The SMILES string of the molecule is Cc1nn(Cc2ccc(Cl)cc2)c(Cl)c1C=CC(=O)Nc1cccc(C2(C)NC(=O)NC2=O)c1. The summed E-state index contributed by atoms with van der Waals surface area (Å²) in [5.74, 6) is -0.843. The largest absolute Gasteiger partial charge is 0.323 e. The van der Waals surface area contributed by atoms with E-state index in [9.17, 15) is 14.4 Å². The number of urea groups is 1. The number of nitrogens with one attached hydrogen (secondary N) is 3. The van der Waals surface area contributed by atoms with Gasteiger partial charge >= 0.3 is 6.03 Å². The molecule has 2 aromatic carbocycles. The van der Waals surface area contributed by atoms with Gasteiger partial charge in [-0.15, -0.1) is 0 Å². The first-order valence-corrected chi connectivity index (χ1v) is 11.1. The van der Waals surface area contributed by atoms with Crippen molar-refractivity contribution in [1.29, 1.82) is 0 Å². The zero-order chi connectivity index (χ0) is 24.5. The molecule has 1 fully saturated rings. The summed E-state index contributed by atoms with van der Waals surface area (Å²) >= 11 is 12.4. The Balaban J connectivity index is 1.47. The Bertz CT molecular complexity index is 1320. The minimum absolute atomic E-state index is 0.386. The number of amides is 4. The van der Waals surface area contributed by atoms with Gasteiger partial charge < -0.3 is 10.6 Å². The van der Waals surface area contributed by atoms with Crippen molar-refractivity contribution in [2.24, 2.45) is 0 Å². The highest BCUT2D eigenvalue weighted by atomic mass is 35.5. The molecule has 10 heteroatoms. The number of rotatable bonds is 6. The van der Waals surface area contributed by atoms with Crippen LogP contribution >= 0.6 is 23.2 Å². The first-order chi connectivity index (χ1) is 16.2. The summed E-state index contributed by atoms with van der Waals surface area (Å²) in [4.78, 5) is 36.3. The summed E-state index contributed by atoms with van der Waals surface area (Å²) in [6, 6.07) is 13.6. The van der Waals surface area contributed by atoms with Crippen molar-refractivity contribution in [3.8, 4) is 0 Å². The minimum atomic E-state index is -1.21. The van der Waals surface area contributed by atoms with Crippen LogP contribution in [0, 0.1) is 6.92 Å². The Morgan fingerprint density at radius 1 is 1.18 bits per heavy atom. The van der Waals surface area contributed by atoms with Crippen LogP contribution in [0.3, 0.4) is 0 Å². The molecule has 0 bridgehead atoms. The van der Waals surface area contributed by atoms with Crippen LogP contribution < -0.4 is 16.0 Å². The second kappa shape index (κ2) is 9.32. The summed E-state index contributed by atoms with van der Waals surface area (Å²) in [6.45, 7) is 3.88. The van der Waals surface area contributed by atoms with Gasteiger partial charge in [-0.05, 0) is 55.3 Å². The maximum absolute atomic E-state index is 12.5. The number of imide groups is 1. The highest BCUT2D eigenvalue weighted by Crippen LogP contribution is 2.27. The molecule has 0 saturated carbocycles. The quantitative estimate of drug-likeness (QED) is 0.349. The average Bonchev–Trinajstić information content (AvgIpc) is 3.21. The Labute approximate surface area is 205 Å². The van der Waals surface area contributed by atoms with Gasteiger partial charge in [0.2, 0.25) is 5.91 Å². The van der Waals surface area contributed by atoms with Crippen LogP contribution in [0.5, 0.6) is 0 Å². The van der Waals surface area contributed by atoms with Gasteiger partial charge in [0.05, 0.1) is 12.2 Å².